The molecule has 2 fully saturated rings. The Balaban J connectivity index is 0.00000208. The summed E-state index contributed by atoms with van der Waals surface area (Å²) < 4.78 is 0. The van der Waals surface area contributed by atoms with Gasteiger partial charge in [-0.25, -0.2) is 4.98 Å². The quantitative estimate of drug-likeness (QED) is 0.410. The Kier molecular flexibility index (Phi) is 7.74. The van der Waals surface area contributed by atoms with Crippen LogP contribution in [0.25, 0.3) is 0 Å². The predicted octanol–water partition coefficient (Wildman–Crippen LogP) is 3.06. The van der Waals surface area contributed by atoms with Gasteiger partial charge in [-0.05, 0) is 33.1 Å². The highest BCUT2D eigenvalue weighted by Crippen LogP contribution is 2.26. The number of guanidine groups is 1. The summed E-state index contributed by atoms with van der Waals surface area (Å²) in [5, 5.41) is 8.12. The third-order valence-electron chi connectivity index (χ3n) is 5.11. The molecule has 1 aromatic heterocycles. The third kappa shape index (κ3) is 5.05. The van der Waals surface area contributed by atoms with Gasteiger partial charge in [0.05, 0.1) is 12.2 Å². The van der Waals surface area contributed by atoms with E-state index in [2.05, 4.69) is 39.4 Å². The standard InChI is InChI=1S/C17H29N5S.HI/c1-12-13(2)23-16(20-12)10-19-17(18-3)21-14-8-9-22(11-14)15-6-4-5-7-15;/h14-15H,4-11H2,1-3H3,(H2,18,19,21);1H. The highest BCUT2D eigenvalue weighted by atomic mass is 127. The summed E-state index contributed by atoms with van der Waals surface area (Å²) in [4.78, 5) is 12.9. The lowest BCUT2D eigenvalue weighted by atomic mass is 10.2. The van der Waals surface area contributed by atoms with Gasteiger partial charge in [-0.15, -0.1) is 35.3 Å². The van der Waals surface area contributed by atoms with E-state index >= 15 is 0 Å². The van der Waals surface area contributed by atoms with E-state index < -0.39 is 0 Å². The van der Waals surface area contributed by atoms with Crippen molar-refractivity contribution in [3.8, 4) is 0 Å². The first kappa shape index (κ1) is 19.9. The number of aryl methyl sites for hydroxylation is 2. The first-order valence-electron chi connectivity index (χ1n) is 8.80. The van der Waals surface area contributed by atoms with E-state index in [-0.39, 0.29) is 24.0 Å². The molecule has 24 heavy (non-hydrogen) atoms. The molecule has 5 nitrogen and oxygen atoms in total. The third-order valence-corrected chi connectivity index (χ3v) is 6.18. The molecule has 0 spiro atoms. The first-order chi connectivity index (χ1) is 11.2. The fourth-order valence-corrected chi connectivity index (χ4v) is 4.54. The summed E-state index contributed by atoms with van der Waals surface area (Å²) in [5.41, 5.74) is 1.14. The smallest absolute Gasteiger partial charge is 0.191 e. The molecule has 1 aliphatic carbocycles. The van der Waals surface area contributed by atoms with Crippen LogP contribution in [-0.2, 0) is 6.54 Å². The summed E-state index contributed by atoms with van der Waals surface area (Å²) in [6.45, 7) is 7.32. The summed E-state index contributed by atoms with van der Waals surface area (Å²) in [5.74, 6) is 0.897. The van der Waals surface area contributed by atoms with Crippen molar-refractivity contribution in [1.82, 2.24) is 20.5 Å². The van der Waals surface area contributed by atoms with Gasteiger partial charge in [-0.1, -0.05) is 12.8 Å². The number of nitrogens with zero attached hydrogens (tertiary/aromatic N) is 3. The molecule has 1 aromatic rings. The first-order valence-corrected chi connectivity index (χ1v) is 9.61. The molecule has 1 saturated carbocycles. The van der Waals surface area contributed by atoms with Crippen LogP contribution in [0, 0.1) is 13.8 Å². The zero-order valence-corrected chi connectivity index (χ0v) is 18.1. The van der Waals surface area contributed by atoms with E-state index in [1.54, 1.807) is 11.3 Å². The second kappa shape index (κ2) is 9.33. The number of hydrogen-bond acceptors (Lipinski definition) is 4. The Morgan fingerprint density at radius 2 is 2.04 bits per heavy atom. The van der Waals surface area contributed by atoms with Gasteiger partial charge in [0.1, 0.15) is 5.01 Å². The van der Waals surface area contributed by atoms with Crippen LogP contribution in [0.2, 0.25) is 0 Å². The highest BCUT2D eigenvalue weighted by Gasteiger charge is 2.30. The van der Waals surface area contributed by atoms with Gasteiger partial charge >= 0.3 is 0 Å². The van der Waals surface area contributed by atoms with Crippen molar-refractivity contribution in [1.29, 1.82) is 0 Å². The normalized spacial score (nSPS) is 22.6. The number of hydrogen-bond donors (Lipinski definition) is 2. The van der Waals surface area contributed by atoms with Crippen LogP contribution in [0.1, 0.15) is 47.7 Å². The van der Waals surface area contributed by atoms with Gasteiger partial charge in [0.25, 0.3) is 0 Å². The zero-order chi connectivity index (χ0) is 16.2. The molecule has 1 atom stereocenters. The Morgan fingerprint density at radius 1 is 1.29 bits per heavy atom. The minimum Gasteiger partial charge on any atom is -0.352 e. The Bertz CT molecular complexity index is 534. The SMILES string of the molecule is CN=C(NCc1nc(C)c(C)s1)NC1CCN(C2CCCC2)C1.I. The van der Waals surface area contributed by atoms with Crippen molar-refractivity contribution in [2.75, 3.05) is 20.1 Å². The Morgan fingerprint density at radius 3 is 2.67 bits per heavy atom. The zero-order valence-electron chi connectivity index (χ0n) is 15.0. The van der Waals surface area contributed by atoms with Crippen LogP contribution < -0.4 is 10.6 Å². The maximum Gasteiger partial charge on any atom is 0.191 e. The lowest BCUT2D eigenvalue weighted by molar-refractivity contribution is 0.242. The fraction of sp³-hybridized carbons (Fsp3) is 0.765. The molecule has 7 heteroatoms. The summed E-state index contributed by atoms with van der Waals surface area (Å²) in [7, 11) is 1.84. The van der Waals surface area contributed by atoms with Crippen LogP contribution in [0.4, 0.5) is 0 Å². The molecule has 136 valence electrons. The van der Waals surface area contributed by atoms with Crippen LogP contribution in [0.15, 0.2) is 4.99 Å². The van der Waals surface area contributed by atoms with E-state index in [0.29, 0.717) is 6.04 Å². The molecule has 0 bridgehead atoms. The van der Waals surface area contributed by atoms with Crippen molar-refractivity contribution >= 4 is 41.3 Å². The van der Waals surface area contributed by atoms with E-state index in [9.17, 15) is 0 Å². The minimum atomic E-state index is 0. The van der Waals surface area contributed by atoms with Crippen molar-refractivity contribution in [2.24, 2.45) is 4.99 Å². The van der Waals surface area contributed by atoms with Crippen molar-refractivity contribution < 1.29 is 0 Å². The van der Waals surface area contributed by atoms with Gasteiger partial charge in [-0.3, -0.25) is 9.89 Å². The average molecular weight is 463 g/mol. The van der Waals surface area contributed by atoms with Crippen LogP contribution >= 0.6 is 35.3 Å². The number of nitrogens with one attached hydrogen (secondary N) is 2. The summed E-state index contributed by atoms with van der Waals surface area (Å²) in [6, 6.07) is 1.35. The van der Waals surface area contributed by atoms with Crippen LogP contribution in [-0.4, -0.2) is 48.1 Å². The van der Waals surface area contributed by atoms with Gasteiger partial charge in [-0.2, -0.15) is 0 Å². The molecule has 2 heterocycles. The topological polar surface area (TPSA) is 52.6 Å². The Hall–Kier alpha value is -0.410. The Labute approximate surface area is 166 Å². The van der Waals surface area contributed by atoms with Gasteiger partial charge in [0.2, 0.25) is 0 Å². The minimum absolute atomic E-state index is 0. The maximum absolute atomic E-state index is 4.58. The van der Waals surface area contributed by atoms with Gasteiger partial charge < -0.3 is 10.6 Å². The lowest BCUT2D eigenvalue weighted by Crippen LogP contribution is -2.45. The van der Waals surface area contributed by atoms with E-state index in [0.717, 1.165) is 35.8 Å². The molecular weight excluding hydrogens is 433 g/mol. The number of halogens is 1. The fourth-order valence-electron chi connectivity index (χ4n) is 3.67. The molecule has 0 radical (unpaired) electrons. The molecule has 0 amide bonds. The molecule has 1 aliphatic heterocycles. The number of likely N-dealkylation sites (tertiary alicyclic amines) is 1. The predicted molar refractivity (Wildman–Crippen MR) is 113 cm³/mol. The van der Waals surface area contributed by atoms with Gasteiger partial charge in [0.15, 0.2) is 5.96 Å². The van der Waals surface area contributed by atoms with Crippen LogP contribution in [0.3, 0.4) is 0 Å². The van der Waals surface area contributed by atoms with Crippen molar-refractivity contribution in [3.63, 3.8) is 0 Å². The number of aliphatic imine (C=N–C) groups is 1. The number of aromatic nitrogens is 1. The molecule has 1 unspecified atom stereocenters. The van der Waals surface area contributed by atoms with E-state index in [4.69, 9.17) is 0 Å². The van der Waals surface area contributed by atoms with E-state index in [1.165, 1.54) is 43.5 Å². The monoisotopic (exact) mass is 463 g/mol. The molecule has 2 aliphatic rings. The second-order valence-electron chi connectivity index (χ2n) is 6.74. The maximum atomic E-state index is 4.58. The summed E-state index contributed by atoms with van der Waals surface area (Å²) in [6.07, 6.45) is 6.82. The molecule has 0 aromatic carbocycles. The van der Waals surface area contributed by atoms with Gasteiger partial charge in [0, 0.05) is 37.1 Å². The molecule has 2 N–H and O–H groups in total. The average Bonchev–Trinajstić information content (AvgIpc) is 3.26. The highest BCUT2D eigenvalue weighted by molar-refractivity contribution is 14.0. The van der Waals surface area contributed by atoms with Crippen molar-refractivity contribution in [3.05, 3.63) is 15.6 Å². The summed E-state index contributed by atoms with van der Waals surface area (Å²) >= 11 is 1.76. The number of thiazole rings is 1. The van der Waals surface area contributed by atoms with Crippen LogP contribution in [0.5, 0.6) is 0 Å². The number of rotatable bonds is 4. The van der Waals surface area contributed by atoms with E-state index in [1.807, 2.05) is 7.05 Å². The second-order valence-corrected chi connectivity index (χ2v) is 8.03. The lowest BCUT2D eigenvalue weighted by Gasteiger charge is -2.24. The largest absolute Gasteiger partial charge is 0.352 e. The molecule has 3 rings (SSSR count). The van der Waals surface area contributed by atoms with Crippen molar-refractivity contribution in [2.45, 2.75) is 64.6 Å². The molecular formula is C17H30IN5S. The molecule has 1 saturated heterocycles.